The van der Waals surface area contributed by atoms with Crippen molar-refractivity contribution in [1.29, 1.82) is 10.5 Å². The molecule has 0 atom stereocenters. The molecule has 0 aliphatic heterocycles. The lowest BCUT2D eigenvalue weighted by Crippen LogP contribution is -2.19. The minimum atomic E-state index is -0.498. The van der Waals surface area contributed by atoms with E-state index in [0.29, 0.717) is 27.9 Å². The van der Waals surface area contributed by atoms with E-state index in [9.17, 15) is 15.2 Å². The predicted molar refractivity (Wildman–Crippen MR) is 95.4 cm³/mol. The highest BCUT2D eigenvalue weighted by Gasteiger charge is 2.26. The van der Waals surface area contributed by atoms with E-state index in [-0.39, 0.29) is 11.3 Å². The first kappa shape index (κ1) is 18.0. The van der Waals surface area contributed by atoms with Crippen LogP contribution in [0.4, 0.5) is 5.69 Å². The zero-order chi connectivity index (χ0) is 18.8. The van der Waals surface area contributed by atoms with Crippen LogP contribution in [0.2, 0.25) is 0 Å². The second kappa shape index (κ2) is 6.67. The maximum atomic E-state index is 12.7. The molecule has 0 spiro atoms. The first-order valence-electron chi connectivity index (χ1n) is 7.77. The molecule has 0 bridgehead atoms. The van der Waals surface area contributed by atoms with Gasteiger partial charge in [0, 0.05) is 11.3 Å². The number of hydrogen-bond acceptors (Lipinski definition) is 4. The number of anilines is 1. The van der Waals surface area contributed by atoms with Crippen LogP contribution in [-0.2, 0) is 5.41 Å². The Balaban J connectivity index is 2.51. The fourth-order valence-electron chi connectivity index (χ4n) is 2.56. The number of rotatable bonds is 2. The molecular weight excluding hydrogens is 314 g/mol. The van der Waals surface area contributed by atoms with Crippen LogP contribution >= 0.6 is 0 Å². The summed E-state index contributed by atoms with van der Waals surface area (Å²) in [5.74, 6) is -0.613. The fourth-order valence-corrected chi connectivity index (χ4v) is 2.56. The molecular formula is C20H19N3O2. The third-order valence-electron chi connectivity index (χ3n) is 3.99. The highest BCUT2D eigenvalue weighted by Crippen LogP contribution is 2.37. The molecule has 126 valence electrons. The molecule has 25 heavy (non-hydrogen) atoms. The lowest BCUT2D eigenvalue weighted by molar-refractivity contribution is 0.102. The number of aromatic hydroxyl groups is 1. The van der Waals surface area contributed by atoms with Crippen molar-refractivity contribution in [2.75, 3.05) is 5.32 Å². The Bertz CT molecular complexity index is 908. The Morgan fingerprint density at radius 1 is 1.12 bits per heavy atom. The number of carbonyl (C=O) groups excluding carboxylic acids is 1. The summed E-state index contributed by atoms with van der Waals surface area (Å²) in [5.41, 5.74) is 1.98. The van der Waals surface area contributed by atoms with Gasteiger partial charge in [0.15, 0.2) is 0 Å². The molecule has 0 aromatic heterocycles. The maximum absolute atomic E-state index is 12.7. The number of phenolic OH excluding ortho intramolecular Hbond substituents is 1. The van der Waals surface area contributed by atoms with Crippen molar-refractivity contribution in [3.05, 3.63) is 58.1 Å². The molecule has 0 saturated heterocycles. The van der Waals surface area contributed by atoms with Crippen molar-refractivity contribution >= 4 is 11.6 Å². The number of amides is 1. The van der Waals surface area contributed by atoms with Gasteiger partial charge in [0.05, 0.1) is 28.8 Å². The highest BCUT2D eigenvalue weighted by atomic mass is 16.3. The summed E-state index contributed by atoms with van der Waals surface area (Å²) in [6.07, 6.45) is 0. The van der Waals surface area contributed by atoms with Crippen LogP contribution in [0.3, 0.4) is 0 Å². The van der Waals surface area contributed by atoms with Crippen molar-refractivity contribution in [3.8, 4) is 17.9 Å². The van der Waals surface area contributed by atoms with Gasteiger partial charge in [-0.25, -0.2) is 0 Å². The normalized spacial score (nSPS) is 10.6. The number of nitriles is 2. The molecule has 0 saturated carbocycles. The van der Waals surface area contributed by atoms with Crippen molar-refractivity contribution in [2.45, 2.75) is 33.1 Å². The van der Waals surface area contributed by atoms with Crippen molar-refractivity contribution < 1.29 is 9.90 Å². The second-order valence-corrected chi connectivity index (χ2v) is 6.83. The Morgan fingerprint density at radius 2 is 1.72 bits per heavy atom. The average molecular weight is 333 g/mol. The van der Waals surface area contributed by atoms with Crippen LogP contribution in [0.1, 0.15) is 53.4 Å². The van der Waals surface area contributed by atoms with Gasteiger partial charge in [0.25, 0.3) is 5.91 Å². The minimum Gasteiger partial charge on any atom is -0.507 e. The summed E-state index contributed by atoms with van der Waals surface area (Å²) in [4.78, 5) is 12.7. The predicted octanol–water partition coefficient (Wildman–Crippen LogP) is 3.99. The Kier molecular flexibility index (Phi) is 4.81. The number of benzene rings is 2. The quantitative estimate of drug-likeness (QED) is 0.868. The lowest BCUT2D eigenvalue weighted by atomic mass is 9.82. The molecule has 1 amide bonds. The summed E-state index contributed by atoms with van der Waals surface area (Å²) < 4.78 is 0. The van der Waals surface area contributed by atoms with Crippen molar-refractivity contribution in [1.82, 2.24) is 0 Å². The molecule has 2 aromatic rings. The molecule has 5 heteroatoms. The molecule has 0 radical (unpaired) electrons. The summed E-state index contributed by atoms with van der Waals surface area (Å²) in [6.45, 7) is 7.35. The Hall–Kier alpha value is -3.31. The molecule has 0 aliphatic carbocycles. The summed E-state index contributed by atoms with van der Waals surface area (Å²) in [5, 5.41) is 31.5. The maximum Gasteiger partial charge on any atom is 0.259 e. The number of nitrogens with zero attached hydrogens (tertiary/aromatic N) is 2. The molecule has 5 nitrogen and oxygen atoms in total. The standard InChI is InChI=1S/C20H19N3O2/c1-12-14(11-22)9-16(20(2,3)4)18(24)17(12)19(25)23-15-7-5-13(10-21)6-8-15/h5-9,24H,1-4H3,(H,23,25). The van der Waals surface area contributed by atoms with Gasteiger partial charge in [-0.2, -0.15) is 10.5 Å². The number of nitrogens with one attached hydrogen (secondary N) is 1. The molecule has 2 rings (SSSR count). The van der Waals surface area contributed by atoms with E-state index in [1.165, 1.54) is 0 Å². The minimum absolute atomic E-state index is 0.0911. The SMILES string of the molecule is Cc1c(C#N)cc(C(C)(C)C)c(O)c1C(=O)Nc1ccc(C#N)cc1. The average Bonchev–Trinajstić information content (AvgIpc) is 2.54. The zero-order valence-electron chi connectivity index (χ0n) is 14.6. The van der Waals surface area contributed by atoms with Gasteiger partial charge in [0.1, 0.15) is 5.75 Å². The van der Waals surface area contributed by atoms with Gasteiger partial charge in [-0.15, -0.1) is 0 Å². The number of hydrogen-bond donors (Lipinski definition) is 2. The first-order chi connectivity index (χ1) is 11.7. The van der Waals surface area contributed by atoms with Crippen LogP contribution in [0, 0.1) is 29.6 Å². The van der Waals surface area contributed by atoms with E-state index in [1.54, 1.807) is 37.3 Å². The third kappa shape index (κ3) is 3.62. The number of phenols is 1. The summed E-state index contributed by atoms with van der Waals surface area (Å²) >= 11 is 0. The molecule has 0 fully saturated rings. The van der Waals surface area contributed by atoms with Crippen LogP contribution in [0.15, 0.2) is 30.3 Å². The van der Waals surface area contributed by atoms with Gasteiger partial charge in [-0.05, 0) is 48.2 Å². The molecule has 0 unspecified atom stereocenters. The highest BCUT2D eigenvalue weighted by molar-refractivity contribution is 6.08. The molecule has 0 aliphatic rings. The van der Waals surface area contributed by atoms with Crippen LogP contribution in [0.5, 0.6) is 5.75 Å². The van der Waals surface area contributed by atoms with E-state index in [0.717, 1.165) is 0 Å². The van der Waals surface area contributed by atoms with Crippen LogP contribution in [0.25, 0.3) is 0 Å². The molecule has 0 heterocycles. The van der Waals surface area contributed by atoms with Gasteiger partial charge in [0.2, 0.25) is 0 Å². The fraction of sp³-hybridized carbons (Fsp3) is 0.250. The largest absolute Gasteiger partial charge is 0.507 e. The smallest absolute Gasteiger partial charge is 0.259 e. The van der Waals surface area contributed by atoms with Gasteiger partial charge < -0.3 is 10.4 Å². The summed E-state index contributed by atoms with van der Waals surface area (Å²) in [6, 6.07) is 12.1. The third-order valence-corrected chi connectivity index (χ3v) is 3.99. The first-order valence-corrected chi connectivity index (χ1v) is 7.77. The lowest BCUT2D eigenvalue weighted by Gasteiger charge is -2.23. The zero-order valence-corrected chi connectivity index (χ0v) is 14.6. The van der Waals surface area contributed by atoms with E-state index in [1.807, 2.05) is 26.8 Å². The topological polar surface area (TPSA) is 96.9 Å². The van der Waals surface area contributed by atoms with Gasteiger partial charge in [-0.3, -0.25) is 4.79 Å². The monoisotopic (exact) mass is 333 g/mol. The molecule has 2 aromatic carbocycles. The summed E-state index contributed by atoms with van der Waals surface area (Å²) in [7, 11) is 0. The van der Waals surface area contributed by atoms with E-state index < -0.39 is 11.3 Å². The molecule has 2 N–H and O–H groups in total. The van der Waals surface area contributed by atoms with Gasteiger partial charge in [-0.1, -0.05) is 20.8 Å². The Morgan fingerprint density at radius 3 is 2.20 bits per heavy atom. The van der Waals surface area contributed by atoms with Crippen LogP contribution < -0.4 is 5.32 Å². The van der Waals surface area contributed by atoms with Crippen molar-refractivity contribution in [2.24, 2.45) is 0 Å². The second-order valence-electron chi connectivity index (χ2n) is 6.83. The van der Waals surface area contributed by atoms with Crippen molar-refractivity contribution in [3.63, 3.8) is 0 Å². The van der Waals surface area contributed by atoms with Crippen LogP contribution in [-0.4, -0.2) is 11.0 Å². The van der Waals surface area contributed by atoms with E-state index >= 15 is 0 Å². The van der Waals surface area contributed by atoms with Gasteiger partial charge >= 0.3 is 0 Å². The van der Waals surface area contributed by atoms with E-state index in [4.69, 9.17) is 5.26 Å². The van der Waals surface area contributed by atoms with E-state index in [2.05, 4.69) is 11.4 Å². The Labute approximate surface area is 147 Å². The number of carbonyl (C=O) groups is 1.